The van der Waals surface area contributed by atoms with Crippen LogP contribution in [0.15, 0.2) is 85.2 Å². The number of pyridine rings is 1. The van der Waals surface area contributed by atoms with Gasteiger partial charge >= 0.3 is 0 Å². The molecule has 2 aromatic heterocycles. The van der Waals surface area contributed by atoms with Crippen molar-refractivity contribution in [1.82, 2.24) is 25.4 Å². The Morgan fingerprint density at radius 2 is 1.86 bits per heavy atom. The highest BCUT2D eigenvalue weighted by Gasteiger charge is 2.33. The van der Waals surface area contributed by atoms with Crippen molar-refractivity contribution in [3.8, 4) is 17.1 Å². The van der Waals surface area contributed by atoms with Crippen LogP contribution >= 0.6 is 0 Å². The third-order valence-corrected chi connectivity index (χ3v) is 6.14. The molecule has 2 atom stereocenters. The third kappa shape index (κ3) is 5.90. The minimum absolute atomic E-state index is 0.0382. The van der Waals surface area contributed by atoms with E-state index in [0.717, 1.165) is 18.4 Å². The van der Waals surface area contributed by atoms with E-state index in [-0.39, 0.29) is 18.0 Å². The first kappa shape index (κ1) is 24.3. The topological polar surface area (TPSA) is 109 Å². The Labute approximate surface area is 213 Å². The molecular formula is C28H26FN5O3. The Bertz CT molecular complexity index is 1400. The fourth-order valence-corrected chi connectivity index (χ4v) is 4.06. The molecule has 1 aliphatic rings. The Hall–Kier alpha value is -4.37. The highest BCUT2D eigenvalue weighted by Crippen LogP contribution is 2.21. The molecule has 2 heterocycles. The van der Waals surface area contributed by atoms with Crippen LogP contribution in [0.3, 0.4) is 0 Å². The zero-order valence-electron chi connectivity index (χ0n) is 19.9. The van der Waals surface area contributed by atoms with Gasteiger partial charge in [-0.1, -0.05) is 42.5 Å². The average Bonchev–Trinajstić information content (AvgIpc) is 3.59. The molecule has 1 saturated carbocycles. The van der Waals surface area contributed by atoms with E-state index >= 15 is 0 Å². The molecule has 5 rings (SSSR count). The number of hydrogen-bond donors (Lipinski definition) is 3. The van der Waals surface area contributed by atoms with E-state index in [9.17, 15) is 19.1 Å². The van der Waals surface area contributed by atoms with Gasteiger partial charge in [0, 0.05) is 24.0 Å². The van der Waals surface area contributed by atoms with E-state index in [0.29, 0.717) is 17.1 Å². The van der Waals surface area contributed by atoms with Gasteiger partial charge in [-0.3, -0.25) is 9.59 Å². The fraction of sp³-hybridized carbons (Fsp3) is 0.214. The molecule has 8 nitrogen and oxygen atoms in total. The van der Waals surface area contributed by atoms with Crippen molar-refractivity contribution in [2.75, 3.05) is 0 Å². The van der Waals surface area contributed by atoms with Crippen molar-refractivity contribution >= 4 is 11.8 Å². The highest BCUT2D eigenvalue weighted by atomic mass is 19.1. The molecule has 1 aliphatic carbocycles. The van der Waals surface area contributed by atoms with Crippen LogP contribution in [0.4, 0.5) is 4.39 Å². The number of aromatic nitrogens is 3. The summed E-state index contributed by atoms with van der Waals surface area (Å²) in [6, 6.07) is 19.5. The van der Waals surface area contributed by atoms with Crippen molar-refractivity contribution in [2.24, 2.45) is 0 Å². The number of carbonyl (C=O) groups is 2. The van der Waals surface area contributed by atoms with Gasteiger partial charge in [0.05, 0.1) is 17.3 Å². The molecule has 2 unspecified atom stereocenters. The maximum Gasteiger partial charge on any atom is 0.255 e. The molecule has 9 heteroatoms. The van der Waals surface area contributed by atoms with Gasteiger partial charge in [0.15, 0.2) is 11.9 Å². The number of nitrogens with zero attached hydrogens (tertiary/aromatic N) is 3. The van der Waals surface area contributed by atoms with Gasteiger partial charge in [0.1, 0.15) is 5.82 Å². The molecule has 1 fully saturated rings. The number of aliphatic hydroxyl groups excluding tert-OH is 1. The normalized spacial score (nSPS) is 14.5. The van der Waals surface area contributed by atoms with Gasteiger partial charge in [-0.2, -0.15) is 5.10 Å². The first-order chi connectivity index (χ1) is 18.0. The Morgan fingerprint density at radius 3 is 2.62 bits per heavy atom. The summed E-state index contributed by atoms with van der Waals surface area (Å²) in [4.78, 5) is 30.4. The second kappa shape index (κ2) is 10.7. The molecule has 2 aromatic carbocycles. The van der Waals surface area contributed by atoms with Gasteiger partial charge < -0.3 is 15.7 Å². The standard InChI is InChI=1S/C28H26FN5O3/c29-20-9-4-6-18(16-20)17-24(25(35)28(37)31-21-11-12-21)32-27(36)22-10-5-14-30-26(22)34-15-13-23(33-34)19-7-2-1-3-8-19/h1-10,13-16,21,24-25,35H,11-12,17H2,(H,31,37)(H,32,36). The third-order valence-electron chi connectivity index (χ3n) is 6.14. The maximum atomic E-state index is 13.8. The molecular weight excluding hydrogens is 473 g/mol. The van der Waals surface area contributed by atoms with Crippen molar-refractivity contribution in [3.63, 3.8) is 0 Å². The minimum Gasteiger partial charge on any atom is -0.381 e. The summed E-state index contributed by atoms with van der Waals surface area (Å²) in [6.07, 6.45) is 3.50. The summed E-state index contributed by atoms with van der Waals surface area (Å²) in [5, 5.41) is 20.9. The number of carbonyl (C=O) groups excluding carboxylic acids is 2. The Morgan fingerprint density at radius 1 is 1.05 bits per heavy atom. The number of halogens is 1. The number of hydrogen-bond acceptors (Lipinski definition) is 5. The van der Waals surface area contributed by atoms with Crippen LogP contribution in [-0.2, 0) is 11.2 Å². The van der Waals surface area contributed by atoms with Crippen LogP contribution in [0, 0.1) is 5.82 Å². The van der Waals surface area contributed by atoms with E-state index in [1.807, 2.05) is 36.4 Å². The lowest BCUT2D eigenvalue weighted by Crippen LogP contribution is -2.52. The zero-order chi connectivity index (χ0) is 25.8. The van der Waals surface area contributed by atoms with Gasteiger partial charge in [-0.15, -0.1) is 0 Å². The molecule has 37 heavy (non-hydrogen) atoms. The van der Waals surface area contributed by atoms with Gasteiger partial charge in [-0.25, -0.2) is 14.1 Å². The lowest BCUT2D eigenvalue weighted by Gasteiger charge is -2.24. The van der Waals surface area contributed by atoms with Crippen LogP contribution in [-0.4, -0.2) is 49.9 Å². The lowest BCUT2D eigenvalue weighted by atomic mass is 10.00. The van der Waals surface area contributed by atoms with Crippen LogP contribution in [0.2, 0.25) is 0 Å². The predicted octanol–water partition coefficient (Wildman–Crippen LogP) is 3.05. The fourth-order valence-electron chi connectivity index (χ4n) is 4.06. The molecule has 3 N–H and O–H groups in total. The van der Waals surface area contributed by atoms with Crippen molar-refractivity contribution < 1.29 is 19.1 Å². The van der Waals surface area contributed by atoms with Crippen LogP contribution in [0.25, 0.3) is 17.1 Å². The minimum atomic E-state index is -1.53. The summed E-state index contributed by atoms with van der Waals surface area (Å²) >= 11 is 0. The van der Waals surface area contributed by atoms with Gasteiger partial charge in [0.2, 0.25) is 0 Å². The zero-order valence-corrected chi connectivity index (χ0v) is 19.9. The number of rotatable bonds is 9. The molecule has 4 aromatic rings. The van der Waals surface area contributed by atoms with Crippen molar-refractivity contribution in [1.29, 1.82) is 0 Å². The maximum absolute atomic E-state index is 13.8. The predicted molar refractivity (Wildman–Crippen MR) is 135 cm³/mol. The molecule has 0 saturated heterocycles. The first-order valence-electron chi connectivity index (χ1n) is 12.1. The molecule has 188 valence electrons. The van der Waals surface area contributed by atoms with E-state index in [4.69, 9.17) is 0 Å². The van der Waals surface area contributed by atoms with E-state index in [2.05, 4.69) is 20.7 Å². The summed E-state index contributed by atoms with van der Waals surface area (Å²) in [6.45, 7) is 0. The lowest BCUT2D eigenvalue weighted by molar-refractivity contribution is -0.130. The summed E-state index contributed by atoms with van der Waals surface area (Å²) in [5.41, 5.74) is 2.38. The second-order valence-electron chi connectivity index (χ2n) is 9.03. The summed E-state index contributed by atoms with van der Waals surface area (Å²) < 4.78 is 15.3. The SMILES string of the molecule is O=C(NC(Cc1cccc(F)c1)C(O)C(=O)NC1CC1)c1cccnc1-n1ccc(-c2ccccc2)n1. The molecule has 0 aliphatic heterocycles. The molecule has 0 bridgehead atoms. The van der Waals surface area contributed by atoms with E-state index in [1.54, 1.807) is 36.7 Å². The Kier molecular flexibility index (Phi) is 7.04. The number of nitrogens with one attached hydrogen (secondary N) is 2. The van der Waals surface area contributed by atoms with Crippen molar-refractivity contribution in [2.45, 2.75) is 37.5 Å². The number of amides is 2. The smallest absolute Gasteiger partial charge is 0.255 e. The Balaban J connectivity index is 1.40. The van der Waals surface area contributed by atoms with Crippen LogP contribution in [0.5, 0.6) is 0 Å². The van der Waals surface area contributed by atoms with Crippen LogP contribution in [0.1, 0.15) is 28.8 Å². The molecule has 0 spiro atoms. The number of aliphatic hydroxyl groups is 1. The quantitative estimate of drug-likeness (QED) is 0.328. The average molecular weight is 500 g/mol. The monoisotopic (exact) mass is 499 g/mol. The summed E-state index contributed by atoms with van der Waals surface area (Å²) in [5.74, 6) is -1.26. The number of benzene rings is 2. The second-order valence-corrected chi connectivity index (χ2v) is 9.03. The van der Waals surface area contributed by atoms with Crippen molar-refractivity contribution in [3.05, 3.63) is 102 Å². The highest BCUT2D eigenvalue weighted by molar-refractivity contribution is 5.97. The first-order valence-corrected chi connectivity index (χ1v) is 12.1. The van der Waals surface area contributed by atoms with Crippen LogP contribution < -0.4 is 10.6 Å². The van der Waals surface area contributed by atoms with Gasteiger partial charge in [0.25, 0.3) is 11.8 Å². The molecule has 2 amide bonds. The van der Waals surface area contributed by atoms with E-state index in [1.165, 1.54) is 16.8 Å². The molecule has 0 radical (unpaired) electrons. The largest absolute Gasteiger partial charge is 0.381 e. The summed E-state index contributed by atoms with van der Waals surface area (Å²) in [7, 11) is 0. The van der Waals surface area contributed by atoms with E-state index < -0.39 is 29.8 Å². The van der Waals surface area contributed by atoms with Gasteiger partial charge in [-0.05, 0) is 55.2 Å².